The molecule has 16 heavy (non-hydrogen) atoms. The third-order valence-electron chi connectivity index (χ3n) is 2.25. The van der Waals surface area contributed by atoms with Crippen LogP contribution in [0.15, 0.2) is 12.3 Å². The second-order valence-corrected chi connectivity index (χ2v) is 3.64. The Balaban J connectivity index is 2.44. The topological polar surface area (TPSA) is 55.9 Å². The van der Waals surface area contributed by atoms with Gasteiger partial charge in [-0.3, -0.25) is 16.0 Å². The molecule has 1 atom stereocenters. The molecule has 0 saturated heterocycles. The van der Waals surface area contributed by atoms with E-state index in [-0.39, 0.29) is 12.5 Å². The van der Waals surface area contributed by atoms with Crippen molar-refractivity contribution in [1.82, 2.24) is 15.2 Å². The van der Waals surface area contributed by atoms with Crippen molar-refractivity contribution in [3.63, 3.8) is 0 Å². The standard InChI is InChI=1S/C9H15F3N4/c1-16-6-4-8(15-16)7(14-13)3-2-5-9(10,11)12/h4,6-7,14H,2-3,5,13H2,1H3. The number of hydrogen-bond donors (Lipinski definition) is 2. The van der Waals surface area contributed by atoms with Crippen molar-refractivity contribution in [1.29, 1.82) is 0 Å². The molecule has 0 spiro atoms. The van der Waals surface area contributed by atoms with Gasteiger partial charge >= 0.3 is 6.18 Å². The third-order valence-corrected chi connectivity index (χ3v) is 2.25. The summed E-state index contributed by atoms with van der Waals surface area (Å²) in [4.78, 5) is 0. The number of alkyl halides is 3. The van der Waals surface area contributed by atoms with Gasteiger partial charge in [0.15, 0.2) is 0 Å². The lowest BCUT2D eigenvalue weighted by Gasteiger charge is -2.13. The first-order chi connectivity index (χ1) is 7.42. The molecule has 3 N–H and O–H groups in total. The minimum absolute atomic E-state index is 0.0366. The van der Waals surface area contributed by atoms with Crippen LogP contribution in [0, 0.1) is 0 Å². The molecular weight excluding hydrogens is 221 g/mol. The summed E-state index contributed by atoms with van der Waals surface area (Å²) in [6.07, 6.45) is -2.83. The Bertz CT molecular complexity index is 321. The number of aromatic nitrogens is 2. The van der Waals surface area contributed by atoms with Gasteiger partial charge in [-0.25, -0.2) is 0 Å². The Morgan fingerprint density at radius 3 is 2.69 bits per heavy atom. The fourth-order valence-corrected chi connectivity index (χ4v) is 1.44. The lowest BCUT2D eigenvalue weighted by atomic mass is 10.1. The Morgan fingerprint density at radius 2 is 2.25 bits per heavy atom. The van der Waals surface area contributed by atoms with Crippen molar-refractivity contribution in [3.05, 3.63) is 18.0 Å². The summed E-state index contributed by atoms with van der Waals surface area (Å²) in [5.41, 5.74) is 3.13. The van der Waals surface area contributed by atoms with E-state index >= 15 is 0 Å². The van der Waals surface area contributed by atoms with Gasteiger partial charge in [0, 0.05) is 19.7 Å². The number of halogens is 3. The van der Waals surface area contributed by atoms with E-state index in [0.29, 0.717) is 12.1 Å². The first-order valence-electron chi connectivity index (χ1n) is 4.95. The second-order valence-electron chi connectivity index (χ2n) is 3.64. The highest BCUT2D eigenvalue weighted by molar-refractivity contribution is 5.04. The minimum atomic E-state index is -4.11. The van der Waals surface area contributed by atoms with Gasteiger partial charge < -0.3 is 0 Å². The van der Waals surface area contributed by atoms with E-state index in [2.05, 4.69) is 10.5 Å². The molecule has 7 heteroatoms. The Hall–Kier alpha value is -1.08. The fourth-order valence-electron chi connectivity index (χ4n) is 1.44. The van der Waals surface area contributed by atoms with E-state index in [1.807, 2.05) is 0 Å². The summed E-state index contributed by atoms with van der Waals surface area (Å²) in [5.74, 6) is 5.28. The van der Waals surface area contributed by atoms with Gasteiger partial charge in [-0.2, -0.15) is 18.3 Å². The average Bonchev–Trinajstić information content (AvgIpc) is 2.58. The molecular formula is C9H15F3N4. The van der Waals surface area contributed by atoms with E-state index < -0.39 is 12.6 Å². The first-order valence-corrected chi connectivity index (χ1v) is 4.95. The lowest BCUT2D eigenvalue weighted by Crippen LogP contribution is -2.28. The predicted octanol–water partition coefficient (Wildman–Crippen LogP) is 1.66. The molecule has 0 aliphatic rings. The van der Waals surface area contributed by atoms with Crippen molar-refractivity contribution in [2.24, 2.45) is 12.9 Å². The maximum Gasteiger partial charge on any atom is 0.389 e. The van der Waals surface area contributed by atoms with Gasteiger partial charge in [0.1, 0.15) is 0 Å². The molecule has 1 rings (SSSR count). The van der Waals surface area contributed by atoms with Crippen LogP contribution in [0.1, 0.15) is 31.0 Å². The molecule has 0 amide bonds. The van der Waals surface area contributed by atoms with Crippen LogP contribution in [-0.4, -0.2) is 16.0 Å². The van der Waals surface area contributed by atoms with E-state index in [4.69, 9.17) is 5.84 Å². The Kier molecular flexibility index (Phi) is 4.31. The molecule has 0 aromatic carbocycles. The highest BCUT2D eigenvalue weighted by Gasteiger charge is 2.27. The maximum atomic E-state index is 11.9. The SMILES string of the molecule is Cn1ccc(C(CCCC(F)(F)F)NN)n1. The van der Waals surface area contributed by atoms with Crippen molar-refractivity contribution in [3.8, 4) is 0 Å². The molecule has 1 heterocycles. The number of aryl methyl sites for hydroxylation is 1. The van der Waals surface area contributed by atoms with E-state index in [0.717, 1.165) is 0 Å². The molecule has 1 unspecified atom stereocenters. The molecule has 0 aliphatic heterocycles. The first kappa shape index (κ1) is 13.0. The summed E-state index contributed by atoms with van der Waals surface area (Å²) < 4.78 is 37.4. The minimum Gasteiger partial charge on any atom is -0.275 e. The number of rotatable bonds is 5. The summed E-state index contributed by atoms with van der Waals surface area (Å²) in [6.45, 7) is 0. The quantitative estimate of drug-likeness (QED) is 0.603. The number of nitrogens with two attached hydrogens (primary N) is 1. The van der Waals surface area contributed by atoms with Gasteiger partial charge in [-0.15, -0.1) is 0 Å². The van der Waals surface area contributed by atoms with E-state index in [1.165, 1.54) is 0 Å². The normalized spacial score (nSPS) is 14.1. The van der Waals surface area contributed by atoms with Gasteiger partial charge in [-0.05, 0) is 18.9 Å². The van der Waals surface area contributed by atoms with Crippen molar-refractivity contribution in [2.75, 3.05) is 0 Å². The highest BCUT2D eigenvalue weighted by atomic mass is 19.4. The summed E-state index contributed by atoms with van der Waals surface area (Å²) >= 11 is 0. The zero-order valence-corrected chi connectivity index (χ0v) is 8.96. The summed E-state index contributed by atoms with van der Waals surface area (Å²) in [7, 11) is 1.74. The zero-order valence-electron chi connectivity index (χ0n) is 8.96. The fraction of sp³-hybridized carbons (Fsp3) is 0.667. The largest absolute Gasteiger partial charge is 0.389 e. The number of hydrogen-bond acceptors (Lipinski definition) is 3. The van der Waals surface area contributed by atoms with Crippen LogP contribution in [0.3, 0.4) is 0 Å². The third kappa shape index (κ3) is 4.19. The smallest absolute Gasteiger partial charge is 0.275 e. The van der Waals surface area contributed by atoms with Gasteiger partial charge in [-0.1, -0.05) is 0 Å². The summed E-state index contributed by atoms with van der Waals surface area (Å²) in [5, 5.41) is 4.09. The molecule has 0 aliphatic carbocycles. The molecule has 4 nitrogen and oxygen atoms in total. The molecule has 1 aromatic heterocycles. The maximum absolute atomic E-state index is 11.9. The molecule has 0 fully saturated rings. The average molecular weight is 236 g/mol. The lowest BCUT2D eigenvalue weighted by molar-refractivity contribution is -0.135. The van der Waals surface area contributed by atoms with Crippen molar-refractivity contribution >= 4 is 0 Å². The Morgan fingerprint density at radius 1 is 1.56 bits per heavy atom. The van der Waals surface area contributed by atoms with E-state index in [9.17, 15) is 13.2 Å². The van der Waals surface area contributed by atoms with Crippen LogP contribution in [0.2, 0.25) is 0 Å². The van der Waals surface area contributed by atoms with Gasteiger partial charge in [0.2, 0.25) is 0 Å². The molecule has 92 valence electrons. The van der Waals surface area contributed by atoms with Gasteiger partial charge in [0.25, 0.3) is 0 Å². The van der Waals surface area contributed by atoms with Crippen LogP contribution in [0.5, 0.6) is 0 Å². The molecule has 0 radical (unpaired) electrons. The summed E-state index contributed by atoms with van der Waals surface area (Å²) in [6, 6.07) is 1.40. The van der Waals surface area contributed by atoms with Crippen LogP contribution >= 0.6 is 0 Å². The van der Waals surface area contributed by atoms with Gasteiger partial charge in [0.05, 0.1) is 11.7 Å². The predicted molar refractivity (Wildman–Crippen MR) is 53.2 cm³/mol. The van der Waals surface area contributed by atoms with E-state index in [1.54, 1.807) is 24.0 Å². The molecule has 0 bridgehead atoms. The number of nitrogens with one attached hydrogen (secondary N) is 1. The molecule has 1 aromatic rings. The zero-order chi connectivity index (χ0) is 12.2. The van der Waals surface area contributed by atoms with Crippen LogP contribution < -0.4 is 11.3 Å². The molecule has 0 saturated carbocycles. The van der Waals surface area contributed by atoms with Crippen molar-refractivity contribution in [2.45, 2.75) is 31.5 Å². The van der Waals surface area contributed by atoms with Crippen LogP contribution in [0.4, 0.5) is 13.2 Å². The second kappa shape index (κ2) is 5.31. The highest BCUT2D eigenvalue weighted by Crippen LogP contribution is 2.25. The Labute approximate surface area is 91.6 Å². The van der Waals surface area contributed by atoms with Crippen molar-refractivity contribution < 1.29 is 13.2 Å². The number of hydrazine groups is 1. The van der Waals surface area contributed by atoms with Crippen LogP contribution in [-0.2, 0) is 7.05 Å². The van der Waals surface area contributed by atoms with Crippen LogP contribution in [0.25, 0.3) is 0 Å². The monoisotopic (exact) mass is 236 g/mol. The number of nitrogens with zero attached hydrogens (tertiary/aromatic N) is 2.